The van der Waals surface area contributed by atoms with Crippen LogP contribution < -0.4 is 15.0 Å². The van der Waals surface area contributed by atoms with E-state index in [1.807, 2.05) is 36.4 Å². The van der Waals surface area contributed by atoms with E-state index in [9.17, 15) is 4.79 Å². The van der Waals surface area contributed by atoms with E-state index >= 15 is 0 Å². The summed E-state index contributed by atoms with van der Waals surface area (Å²) in [5.74, 6) is 1.57. The molecule has 2 unspecified atom stereocenters. The molecule has 0 spiro atoms. The average molecular weight is 463 g/mol. The maximum atomic E-state index is 13.2. The van der Waals surface area contributed by atoms with E-state index in [1.54, 1.807) is 28.8 Å². The second-order valence-corrected chi connectivity index (χ2v) is 9.43. The van der Waals surface area contributed by atoms with Crippen molar-refractivity contribution in [2.45, 2.75) is 31.9 Å². The van der Waals surface area contributed by atoms with Crippen LogP contribution in [0.3, 0.4) is 0 Å². The fraction of sp³-hybridized carbons (Fsp3) is 0.348. The molecular formula is C23H24Cl2N2O2S. The normalized spacial score (nSPS) is 21.8. The molecule has 2 atom stereocenters. The molecule has 2 heterocycles. The summed E-state index contributed by atoms with van der Waals surface area (Å²) in [6.45, 7) is 3.76. The molecule has 2 aliphatic heterocycles. The van der Waals surface area contributed by atoms with Gasteiger partial charge in [0.25, 0.3) is 5.91 Å². The number of nitrogens with zero attached hydrogens (tertiary/aromatic N) is 1. The largest absolute Gasteiger partial charge is 0.488 e. The van der Waals surface area contributed by atoms with E-state index in [2.05, 4.69) is 12.2 Å². The monoisotopic (exact) mass is 462 g/mol. The van der Waals surface area contributed by atoms with Gasteiger partial charge in [-0.1, -0.05) is 41.4 Å². The van der Waals surface area contributed by atoms with Crippen molar-refractivity contribution in [3.63, 3.8) is 0 Å². The van der Waals surface area contributed by atoms with Crippen molar-refractivity contribution < 1.29 is 9.53 Å². The Morgan fingerprint density at radius 2 is 2.07 bits per heavy atom. The molecule has 1 amide bonds. The van der Waals surface area contributed by atoms with Gasteiger partial charge in [0.2, 0.25) is 0 Å². The van der Waals surface area contributed by atoms with E-state index < -0.39 is 0 Å². The molecule has 2 aliphatic rings. The molecule has 158 valence electrons. The van der Waals surface area contributed by atoms with Crippen molar-refractivity contribution in [2.75, 3.05) is 23.7 Å². The first kappa shape index (κ1) is 21.6. The van der Waals surface area contributed by atoms with Gasteiger partial charge in [-0.2, -0.15) is 0 Å². The van der Waals surface area contributed by atoms with Crippen LogP contribution >= 0.6 is 35.0 Å². The van der Waals surface area contributed by atoms with Crippen molar-refractivity contribution in [2.24, 2.45) is 0 Å². The first-order chi connectivity index (χ1) is 14.5. The molecule has 2 aromatic carbocycles. The number of hydrogen-bond donors (Lipinski definition) is 1. The zero-order valence-electron chi connectivity index (χ0n) is 16.7. The summed E-state index contributed by atoms with van der Waals surface area (Å²) in [6.07, 6.45) is 4.30. The van der Waals surface area contributed by atoms with Crippen molar-refractivity contribution in [1.29, 1.82) is 0 Å². The van der Waals surface area contributed by atoms with E-state index in [1.165, 1.54) is 6.42 Å². The highest BCUT2D eigenvalue weighted by Gasteiger charge is 2.27. The molecule has 4 nitrogen and oxygen atoms in total. The molecule has 0 radical (unpaired) electrons. The molecular weight excluding hydrogens is 439 g/mol. The van der Waals surface area contributed by atoms with Crippen LogP contribution in [0.5, 0.6) is 5.75 Å². The number of para-hydroxylation sites is 1. The summed E-state index contributed by atoms with van der Waals surface area (Å²) >= 11 is 13.8. The fourth-order valence-electron chi connectivity index (χ4n) is 3.79. The fourth-order valence-corrected chi connectivity index (χ4v) is 5.02. The predicted octanol–water partition coefficient (Wildman–Crippen LogP) is 5.63. The summed E-state index contributed by atoms with van der Waals surface area (Å²) in [5.41, 5.74) is 1.67. The number of nitrogens with one attached hydrogen (secondary N) is 1. The van der Waals surface area contributed by atoms with Gasteiger partial charge < -0.3 is 15.0 Å². The molecule has 0 aliphatic carbocycles. The van der Waals surface area contributed by atoms with Crippen LogP contribution in [-0.4, -0.2) is 36.9 Å². The minimum atomic E-state index is -0.0371. The topological polar surface area (TPSA) is 41.6 Å². The molecule has 7 heteroatoms. The van der Waals surface area contributed by atoms with Crippen molar-refractivity contribution >= 4 is 52.6 Å². The van der Waals surface area contributed by atoms with Gasteiger partial charge in [0.05, 0.1) is 15.0 Å². The van der Waals surface area contributed by atoms with E-state index in [-0.39, 0.29) is 12.0 Å². The summed E-state index contributed by atoms with van der Waals surface area (Å²) in [4.78, 5) is 15.6. The van der Waals surface area contributed by atoms with Crippen LogP contribution in [-0.2, 0) is 4.79 Å². The number of benzene rings is 2. The maximum Gasteiger partial charge on any atom is 0.264 e. The molecule has 0 saturated carbocycles. The van der Waals surface area contributed by atoms with Crippen LogP contribution in [0.2, 0.25) is 10.0 Å². The lowest BCUT2D eigenvalue weighted by atomic mass is 10.1. The third-order valence-corrected chi connectivity index (χ3v) is 7.16. The number of rotatable bonds is 5. The smallest absolute Gasteiger partial charge is 0.264 e. The van der Waals surface area contributed by atoms with Gasteiger partial charge in [-0.15, -0.1) is 11.8 Å². The van der Waals surface area contributed by atoms with Crippen LogP contribution in [0.1, 0.15) is 25.3 Å². The van der Waals surface area contributed by atoms with Gasteiger partial charge in [0, 0.05) is 29.6 Å². The molecule has 2 saturated heterocycles. The summed E-state index contributed by atoms with van der Waals surface area (Å²) < 4.78 is 6.27. The van der Waals surface area contributed by atoms with Gasteiger partial charge in [0.15, 0.2) is 0 Å². The Bertz CT molecular complexity index is 960. The molecule has 2 fully saturated rings. The zero-order valence-corrected chi connectivity index (χ0v) is 19.1. The Hall–Kier alpha value is -1.66. The SMILES string of the molecule is CC(Oc1ccccc1C=C1SCCN(c2ccc(Cl)c(Cl)c2)C1=O)C1CCCN1. The molecule has 1 N–H and O–H groups in total. The summed E-state index contributed by atoms with van der Waals surface area (Å²) in [6, 6.07) is 13.5. The van der Waals surface area contributed by atoms with Crippen LogP contribution in [0, 0.1) is 0 Å². The van der Waals surface area contributed by atoms with Crippen LogP contribution in [0.25, 0.3) is 6.08 Å². The summed E-state index contributed by atoms with van der Waals surface area (Å²) in [7, 11) is 0. The van der Waals surface area contributed by atoms with Crippen molar-refractivity contribution in [3.8, 4) is 5.75 Å². The first-order valence-electron chi connectivity index (χ1n) is 10.1. The maximum absolute atomic E-state index is 13.2. The zero-order chi connectivity index (χ0) is 21.1. The van der Waals surface area contributed by atoms with Gasteiger partial charge in [-0.3, -0.25) is 4.79 Å². The number of anilines is 1. The molecule has 4 rings (SSSR count). The van der Waals surface area contributed by atoms with E-state index in [0.717, 1.165) is 35.7 Å². The number of thioether (sulfide) groups is 1. The third-order valence-electron chi connectivity index (χ3n) is 5.43. The van der Waals surface area contributed by atoms with E-state index in [4.69, 9.17) is 27.9 Å². The number of hydrogen-bond acceptors (Lipinski definition) is 4. The van der Waals surface area contributed by atoms with Crippen molar-refractivity contribution in [1.82, 2.24) is 5.32 Å². The lowest BCUT2D eigenvalue weighted by Gasteiger charge is -2.28. The Balaban J connectivity index is 1.56. The number of halogens is 2. The number of amides is 1. The first-order valence-corrected chi connectivity index (χ1v) is 11.9. The van der Waals surface area contributed by atoms with Crippen molar-refractivity contribution in [3.05, 3.63) is 63.0 Å². The van der Waals surface area contributed by atoms with Gasteiger partial charge in [-0.05, 0) is 56.7 Å². The van der Waals surface area contributed by atoms with Gasteiger partial charge in [0.1, 0.15) is 11.9 Å². The van der Waals surface area contributed by atoms with Crippen LogP contribution in [0.15, 0.2) is 47.4 Å². The number of carbonyl (C=O) groups excluding carboxylic acids is 1. The lowest BCUT2D eigenvalue weighted by Crippen LogP contribution is -2.37. The second kappa shape index (κ2) is 9.65. The van der Waals surface area contributed by atoms with Gasteiger partial charge in [-0.25, -0.2) is 0 Å². The molecule has 0 aromatic heterocycles. The Morgan fingerprint density at radius 1 is 1.23 bits per heavy atom. The highest BCUT2D eigenvalue weighted by Crippen LogP contribution is 2.34. The number of carbonyl (C=O) groups is 1. The lowest BCUT2D eigenvalue weighted by molar-refractivity contribution is -0.114. The molecule has 2 aromatic rings. The quantitative estimate of drug-likeness (QED) is 0.584. The molecule has 30 heavy (non-hydrogen) atoms. The predicted molar refractivity (Wildman–Crippen MR) is 127 cm³/mol. The van der Waals surface area contributed by atoms with Gasteiger partial charge >= 0.3 is 0 Å². The standard InChI is InChI=1S/C23H24Cl2N2O2S/c1-15(20-6-4-10-26-20)29-21-7-3-2-5-16(21)13-22-23(28)27(11-12-30-22)17-8-9-18(24)19(25)14-17/h2-3,5,7-9,13-15,20,26H,4,6,10-12H2,1H3. The Kier molecular flexibility index (Phi) is 6.94. The molecule has 0 bridgehead atoms. The minimum absolute atomic E-state index is 0.0371. The minimum Gasteiger partial charge on any atom is -0.488 e. The Labute approximate surface area is 191 Å². The van der Waals surface area contributed by atoms with E-state index in [0.29, 0.717) is 27.5 Å². The Morgan fingerprint density at radius 3 is 2.83 bits per heavy atom. The van der Waals surface area contributed by atoms with Crippen LogP contribution in [0.4, 0.5) is 5.69 Å². The highest BCUT2D eigenvalue weighted by molar-refractivity contribution is 8.04. The second-order valence-electron chi connectivity index (χ2n) is 7.48. The average Bonchev–Trinajstić information content (AvgIpc) is 3.28. The highest BCUT2D eigenvalue weighted by atomic mass is 35.5. The number of ether oxygens (including phenoxy) is 1. The summed E-state index contributed by atoms with van der Waals surface area (Å²) in [5, 5.41) is 4.41. The third kappa shape index (κ3) is 4.80.